The molecule has 0 saturated carbocycles. The lowest BCUT2D eigenvalue weighted by atomic mass is 10.2. The molecule has 1 radical (unpaired) electrons. The quantitative estimate of drug-likeness (QED) is 0.558. The molecule has 0 saturated heterocycles. The molecule has 0 bridgehead atoms. The van der Waals surface area contributed by atoms with Gasteiger partial charge in [-0.25, -0.2) is 4.68 Å². The minimum atomic E-state index is 0.903. The first-order chi connectivity index (χ1) is 5.27. The molecule has 0 unspecified atom stereocenters. The highest BCUT2D eigenvalue weighted by atomic mass is 15.4. The summed E-state index contributed by atoms with van der Waals surface area (Å²) in [4.78, 5) is 0. The van der Waals surface area contributed by atoms with Crippen LogP contribution in [0.1, 0.15) is 5.56 Å². The van der Waals surface area contributed by atoms with E-state index in [0.29, 0.717) is 0 Å². The van der Waals surface area contributed by atoms with Gasteiger partial charge >= 0.3 is 0 Å². The van der Waals surface area contributed by atoms with Gasteiger partial charge in [0.05, 0.1) is 5.52 Å². The fourth-order valence-corrected chi connectivity index (χ4v) is 1.09. The lowest BCUT2D eigenvalue weighted by molar-refractivity contribution is 0.736. The maximum absolute atomic E-state index is 3.95. The number of hydrogen-bond acceptors (Lipinski definition) is 2. The molecule has 0 aliphatic carbocycles. The molecule has 0 fully saturated rings. The third-order valence-electron chi connectivity index (χ3n) is 1.68. The Bertz CT molecular complexity index is 389. The van der Waals surface area contributed by atoms with Gasteiger partial charge in [0, 0.05) is 7.05 Å². The number of fused-ring (bicyclic) bond motifs is 1. The molecule has 1 aromatic carbocycles. The van der Waals surface area contributed by atoms with Gasteiger partial charge in [0.1, 0.15) is 5.52 Å². The molecule has 11 heavy (non-hydrogen) atoms. The van der Waals surface area contributed by atoms with Crippen LogP contribution in [0.4, 0.5) is 0 Å². The smallest absolute Gasteiger partial charge is 0.113 e. The van der Waals surface area contributed by atoms with Crippen molar-refractivity contribution in [3.05, 3.63) is 30.7 Å². The van der Waals surface area contributed by atoms with Crippen LogP contribution in [0.2, 0.25) is 0 Å². The van der Waals surface area contributed by atoms with E-state index in [1.54, 1.807) is 4.68 Å². The fourth-order valence-electron chi connectivity index (χ4n) is 1.09. The highest BCUT2D eigenvalue weighted by Gasteiger charge is 1.98. The van der Waals surface area contributed by atoms with Gasteiger partial charge in [-0.05, 0) is 24.6 Å². The minimum absolute atomic E-state index is 0.903. The molecular formula is C8H8N3. The van der Waals surface area contributed by atoms with E-state index in [2.05, 4.69) is 17.2 Å². The second-order valence-corrected chi connectivity index (χ2v) is 2.54. The minimum Gasteiger partial charge on any atom is -0.248 e. The van der Waals surface area contributed by atoms with Gasteiger partial charge in [-0.2, -0.15) is 0 Å². The first kappa shape index (κ1) is 6.34. The van der Waals surface area contributed by atoms with Gasteiger partial charge in [-0.15, -0.1) is 5.10 Å². The SMILES string of the molecule is [CH2]c1ccc2c(c1)nnn2C. The van der Waals surface area contributed by atoms with E-state index in [1.165, 1.54) is 0 Å². The second kappa shape index (κ2) is 2.05. The van der Waals surface area contributed by atoms with E-state index in [0.717, 1.165) is 16.6 Å². The summed E-state index contributed by atoms with van der Waals surface area (Å²) >= 11 is 0. The van der Waals surface area contributed by atoms with E-state index < -0.39 is 0 Å². The first-order valence-corrected chi connectivity index (χ1v) is 3.39. The highest BCUT2D eigenvalue weighted by Crippen LogP contribution is 2.10. The molecule has 3 heteroatoms. The number of aryl methyl sites for hydroxylation is 1. The van der Waals surface area contributed by atoms with Crippen LogP contribution in [-0.4, -0.2) is 15.0 Å². The molecule has 1 aromatic heterocycles. The maximum atomic E-state index is 3.95. The molecule has 55 valence electrons. The predicted octanol–water partition coefficient (Wildman–Crippen LogP) is 1.15. The number of benzene rings is 1. The molecule has 0 N–H and O–H groups in total. The van der Waals surface area contributed by atoms with Crippen LogP contribution < -0.4 is 0 Å². The van der Waals surface area contributed by atoms with Crippen molar-refractivity contribution in [3.63, 3.8) is 0 Å². The van der Waals surface area contributed by atoms with Crippen molar-refractivity contribution >= 4 is 11.0 Å². The standard InChI is InChI=1S/C8H8N3/c1-6-3-4-8-7(5-6)9-10-11(8)2/h3-5H,1H2,2H3. The van der Waals surface area contributed by atoms with Gasteiger partial charge in [0.25, 0.3) is 0 Å². The summed E-state index contributed by atoms with van der Waals surface area (Å²) in [5.74, 6) is 0. The molecule has 0 spiro atoms. The average Bonchev–Trinajstić information content (AvgIpc) is 2.32. The number of nitrogens with zero attached hydrogens (tertiary/aromatic N) is 3. The Labute approximate surface area is 64.6 Å². The zero-order valence-electron chi connectivity index (χ0n) is 6.28. The molecule has 2 aromatic rings. The van der Waals surface area contributed by atoms with E-state index in [9.17, 15) is 0 Å². The van der Waals surface area contributed by atoms with Crippen molar-refractivity contribution in [2.45, 2.75) is 0 Å². The van der Waals surface area contributed by atoms with Crippen LogP contribution in [0.5, 0.6) is 0 Å². The van der Waals surface area contributed by atoms with Crippen molar-refractivity contribution < 1.29 is 0 Å². The number of aromatic nitrogens is 3. The third-order valence-corrected chi connectivity index (χ3v) is 1.68. The molecule has 3 nitrogen and oxygen atoms in total. The van der Waals surface area contributed by atoms with Crippen LogP contribution in [0.15, 0.2) is 18.2 Å². The van der Waals surface area contributed by atoms with Crippen molar-refractivity contribution in [3.8, 4) is 0 Å². The lowest BCUT2D eigenvalue weighted by Gasteiger charge is -1.91. The van der Waals surface area contributed by atoms with Gasteiger partial charge in [-0.3, -0.25) is 0 Å². The van der Waals surface area contributed by atoms with Gasteiger partial charge in [0.2, 0.25) is 0 Å². The lowest BCUT2D eigenvalue weighted by Crippen LogP contribution is -1.88. The summed E-state index contributed by atoms with van der Waals surface area (Å²) in [7, 11) is 1.87. The fraction of sp³-hybridized carbons (Fsp3) is 0.125. The van der Waals surface area contributed by atoms with E-state index in [4.69, 9.17) is 0 Å². The Balaban J connectivity index is 2.86. The molecule has 0 amide bonds. The summed E-state index contributed by atoms with van der Waals surface area (Å²) in [5, 5.41) is 7.83. The molecular weight excluding hydrogens is 138 g/mol. The van der Waals surface area contributed by atoms with Gasteiger partial charge < -0.3 is 0 Å². The average molecular weight is 146 g/mol. The van der Waals surface area contributed by atoms with Gasteiger partial charge in [0.15, 0.2) is 0 Å². The normalized spacial score (nSPS) is 10.7. The van der Waals surface area contributed by atoms with E-state index in [1.807, 2.05) is 25.2 Å². The molecule has 0 atom stereocenters. The summed E-state index contributed by atoms with van der Waals surface area (Å²) < 4.78 is 1.74. The molecule has 1 heterocycles. The summed E-state index contributed by atoms with van der Waals surface area (Å²) in [6, 6.07) is 5.84. The summed E-state index contributed by atoms with van der Waals surface area (Å²) in [6.45, 7) is 3.80. The second-order valence-electron chi connectivity index (χ2n) is 2.54. The maximum Gasteiger partial charge on any atom is 0.113 e. The Morgan fingerprint density at radius 3 is 3.09 bits per heavy atom. The molecule has 0 aliphatic rings. The number of rotatable bonds is 0. The predicted molar refractivity (Wildman–Crippen MR) is 43.0 cm³/mol. The Morgan fingerprint density at radius 1 is 1.45 bits per heavy atom. The van der Waals surface area contributed by atoms with Crippen molar-refractivity contribution in [2.24, 2.45) is 7.05 Å². The van der Waals surface area contributed by atoms with Crippen LogP contribution in [0.3, 0.4) is 0 Å². The van der Waals surface area contributed by atoms with Crippen LogP contribution in [-0.2, 0) is 7.05 Å². The molecule has 2 rings (SSSR count). The van der Waals surface area contributed by atoms with Crippen molar-refractivity contribution in [1.29, 1.82) is 0 Å². The number of hydrogen-bond donors (Lipinski definition) is 0. The van der Waals surface area contributed by atoms with Crippen molar-refractivity contribution in [1.82, 2.24) is 15.0 Å². The summed E-state index contributed by atoms with van der Waals surface area (Å²) in [6.07, 6.45) is 0. The topological polar surface area (TPSA) is 30.7 Å². The highest BCUT2D eigenvalue weighted by molar-refractivity contribution is 5.75. The van der Waals surface area contributed by atoms with E-state index in [-0.39, 0.29) is 0 Å². The zero-order chi connectivity index (χ0) is 7.84. The Kier molecular flexibility index (Phi) is 1.18. The largest absolute Gasteiger partial charge is 0.248 e. The van der Waals surface area contributed by atoms with Crippen LogP contribution in [0.25, 0.3) is 11.0 Å². The van der Waals surface area contributed by atoms with Gasteiger partial charge in [-0.1, -0.05) is 11.3 Å². The summed E-state index contributed by atoms with van der Waals surface area (Å²) in [5.41, 5.74) is 2.91. The van der Waals surface area contributed by atoms with Crippen LogP contribution >= 0.6 is 0 Å². The monoisotopic (exact) mass is 146 g/mol. The van der Waals surface area contributed by atoms with Crippen LogP contribution in [0, 0.1) is 6.92 Å². The van der Waals surface area contributed by atoms with Crippen molar-refractivity contribution in [2.75, 3.05) is 0 Å². The zero-order valence-corrected chi connectivity index (χ0v) is 6.28. The Hall–Kier alpha value is -1.38. The first-order valence-electron chi connectivity index (χ1n) is 3.39. The Morgan fingerprint density at radius 2 is 2.27 bits per heavy atom. The third kappa shape index (κ3) is 0.888. The molecule has 0 aliphatic heterocycles. The van der Waals surface area contributed by atoms with E-state index >= 15 is 0 Å².